The van der Waals surface area contributed by atoms with E-state index in [4.69, 9.17) is 9.15 Å². The van der Waals surface area contributed by atoms with Gasteiger partial charge < -0.3 is 14.5 Å². The van der Waals surface area contributed by atoms with Crippen LogP contribution in [-0.2, 0) is 4.79 Å². The molecule has 0 fully saturated rings. The standard InChI is InChI=1S/C22H19NO5/c1-14-3-9-20-18(11-14)22(26)16(13-28-20)6-10-21(25)23-12-19(24)15-4-7-17(27-2)8-5-15/h3-11,13H,12H2,1-2H3,(H,23,25)/b10-6+. The van der Waals surface area contributed by atoms with Crippen molar-refractivity contribution >= 4 is 28.7 Å². The maximum atomic E-state index is 12.5. The van der Waals surface area contributed by atoms with E-state index >= 15 is 0 Å². The molecule has 6 nitrogen and oxygen atoms in total. The normalized spacial score (nSPS) is 10.9. The van der Waals surface area contributed by atoms with Crippen molar-refractivity contribution in [1.82, 2.24) is 5.32 Å². The summed E-state index contributed by atoms with van der Waals surface area (Å²) >= 11 is 0. The number of carbonyl (C=O) groups is 2. The lowest BCUT2D eigenvalue weighted by molar-refractivity contribution is -0.116. The number of Topliss-reactive ketones (excluding diaryl/α,β-unsaturated/α-hetero) is 1. The molecular formula is C22H19NO5. The number of hydrogen-bond donors (Lipinski definition) is 1. The van der Waals surface area contributed by atoms with Crippen LogP contribution < -0.4 is 15.5 Å². The van der Waals surface area contributed by atoms with Crippen LogP contribution in [0.1, 0.15) is 21.5 Å². The quantitative estimate of drug-likeness (QED) is 0.527. The Balaban J connectivity index is 1.65. The van der Waals surface area contributed by atoms with Gasteiger partial charge in [0.25, 0.3) is 0 Å². The van der Waals surface area contributed by atoms with Crippen molar-refractivity contribution in [2.75, 3.05) is 13.7 Å². The Morgan fingerprint density at radius 3 is 2.61 bits per heavy atom. The fraction of sp³-hybridized carbons (Fsp3) is 0.136. The van der Waals surface area contributed by atoms with Crippen LogP contribution in [0, 0.1) is 6.92 Å². The molecule has 0 saturated carbocycles. The highest BCUT2D eigenvalue weighted by Gasteiger charge is 2.08. The number of amides is 1. The summed E-state index contributed by atoms with van der Waals surface area (Å²) in [6.45, 7) is 1.73. The molecule has 1 heterocycles. The molecule has 0 radical (unpaired) electrons. The summed E-state index contributed by atoms with van der Waals surface area (Å²) in [4.78, 5) is 36.6. The minimum absolute atomic E-state index is 0.152. The van der Waals surface area contributed by atoms with E-state index in [0.717, 1.165) is 5.56 Å². The van der Waals surface area contributed by atoms with Gasteiger partial charge in [0.1, 0.15) is 17.6 Å². The number of fused-ring (bicyclic) bond motifs is 1. The molecule has 0 unspecified atom stereocenters. The Kier molecular flexibility index (Phi) is 5.69. The lowest BCUT2D eigenvalue weighted by atomic mass is 10.1. The molecule has 3 aromatic rings. The predicted octanol–water partition coefficient (Wildman–Crippen LogP) is 3.12. The Bertz CT molecular complexity index is 1110. The number of ketones is 1. The van der Waals surface area contributed by atoms with Gasteiger partial charge in [-0.15, -0.1) is 0 Å². The fourth-order valence-electron chi connectivity index (χ4n) is 2.65. The van der Waals surface area contributed by atoms with Crippen LogP contribution in [0.4, 0.5) is 0 Å². The second-order valence-corrected chi connectivity index (χ2v) is 6.22. The first kappa shape index (κ1) is 19.1. The van der Waals surface area contributed by atoms with Gasteiger partial charge in [0.2, 0.25) is 5.91 Å². The molecule has 1 N–H and O–H groups in total. The van der Waals surface area contributed by atoms with Gasteiger partial charge in [-0.1, -0.05) is 11.6 Å². The maximum absolute atomic E-state index is 12.5. The zero-order chi connectivity index (χ0) is 20.1. The average molecular weight is 377 g/mol. The summed E-state index contributed by atoms with van der Waals surface area (Å²) in [6, 6.07) is 11.9. The zero-order valence-electron chi connectivity index (χ0n) is 15.5. The maximum Gasteiger partial charge on any atom is 0.244 e. The van der Waals surface area contributed by atoms with Gasteiger partial charge in [0.05, 0.1) is 24.6 Å². The van der Waals surface area contributed by atoms with Crippen LogP contribution in [0.15, 0.2) is 64.0 Å². The molecule has 1 aromatic heterocycles. The van der Waals surface area contributed by atoms with E-state index < -0.39 is 5.91 Å². The van der Waals surface area contributed by atoms with Crippen molar-refractivity contribution in [3.63, 3.8) is 0 Å². The number of ether oxygens (including phenoxy) is 1. The Labute approximate surface area is 161 Å². The predicted molar refractivity (Wildman–Crippen MR) is 107 cm³/mol. The number of rotatable bonds is 6. The van der Waals surface area contributed by atoms with Gasteiger partial charge in [-0.3, -0.25) is 14.4 Å². The Hall–Kier alpha value is -3.67. The molecule has 0 atom stereocenters. The Morgan fingerprint density at radius 1 is 1.14 bits per heavy atom. The molecule has 0 aliphatic rings. The van der Waals surface area contributed by atoms with Crippen molar-refractivity contribution in [2.45, 2.75) is 6.92 Å². The largest absolute Gasteiger partial charge is 0.497 e. The third-order valence-electron chi connectivity index (χ3n) is 4.20. The molecule has 0 aliphatic carbocycles. The fourth-order valence-corrected chi connectivity index (χ4v) is 2.65. The minimum Gasteiger partial charge on any atom is -0.497 e. The second kappa shape index (κ2) is 8.35. The van der Waals surface area contributed by atoms with E-state index in [1.165, 1.54) is 18.4 Å². The van der Waals surface area contributed by atoms with Gasteiger partial charge in [0.15, 0.2) is 11.2 Å². The second-order valence-electron chi connectivity index (χ2n) is 6.22. The summed E-state index contributed by atoms with van der Waals surface area (Å²) in [5, 5.41) is 2.96. The lowest BCUT2D eigenvalue weighted by Gasteiger charge is -2.04. The number of benzene rings is 2. The highest BCUT2D eigenvalue weighted by atomic mass is 16.5. The molecule has 0 spiro atoms. The molecule has 6 heteroatoms. The first-order valence-corrected chi connectivity index (χ1v) is 8.63. The number of hydrogen-bond acceptors (Lipinski definition) is 5. The molecular weight excluding hydrogens is 358 g/mol. The SMILES string of the molecule is COc1ccc(C(=O)CNC(=O)/C=C/c2coc3ccc(C)cc3c2=O)cc1. The smallest absolute Gasteiger partial charge is 0.244 e. The van der Waals surface area contributed by atoms with E-state index in [1.807, 2.05) is 13.0 Å². The Morgan fingerprint density at radius 2 is 1.89 bits per heavy atom. The van der Waals surface area contributed by atoms with Crippen LogP contribution in [0.25, 0.3) is 17.0 Å². The molecule has 0 aliphatic heterocycles. The van der Waals surface area contributed by atoms with Gasteiger partial charge in [0, 0.05) is 11.6 Å². The number of carbonyl (C=O) groups excluding carboxylic acids is 2. The van der Waals surface area contributed by atoms with Crippen molar-refractivity contribution in [3.8, 4) is 5.75 Å². The van der Waals surface area contributed by atoms with Crippen molar-refractivity contribution in [2.24, 2.45) is 0 Å². The highest BCUT2D eigenvalue weighted by Crippen LogP contribution is 2.14. The van der Waals surface area contributed by atoms with Crippen LogP contribution in [-0.4, -0.2) is 25.3 Å². The number of nitrogens with one attached hydrogen (secondary N) is 1. The van der Waals surface area contributed by atoms with Gasteiger partial charge in [-0.2, -0.15) is 0 Å². The van der Waals surface area contributed by atoms with E-state index in [-0.39, 0.29) is 23.3 Å². The molecule has 3 rings (SSSR count). The molecule has 0 saturated heterocycles. The topological polar surface area (TPSA) is 85.6 Å². The number of methoxy groups -OCH3 is 1. The van der Waals surface area contributed by atoms with Crippen molar-refractivity contribution in [1.29, 1.82) is 0 Å². The summed E-state index contributed by atoms with van der Waals surface area (Å²) in [5.74, 6) is -0.0661. The summed E-state index contributed by atoms with van der Waals surface area (Å²) in [5.41, 5.74) is 1.94. The summed E-state index contributed by atoms with van der Waals surface area (Å²) in [7, 11) is 1.54. The van der Waals surface area contributed by atoms with Gasteiger partial charge >= 0.3 is 0 Å². The number of aryl methyl sites for hydroxylation is 1. The molecule has 1 amide bonds. The summed E-state index contributed by atoms with van der Waals surface area (Å²) < 4.78 is 10.5. The van der Waals surface area contributed by atoms with Crippen molar-refractivity contribution < 1.29 is 18.7 Å². The highest BCUT2D eigenvalue weighted by molar-refractivity contribution is 6.01. The van der Waals surface area contributed by atoms with E-state index in [1.54, 1.807) is 43.5 Å². The van der Waals surface area contributed by atoms with E-state index in [2.05, 4.69) is 5.32 Å². The molecule has 142 valence electrons. The van der Waals surface area contributed by atoms with E-state index in [9.17, 15) is 14.4 Å². The molecule has 2 aromatic carbocycles. The minimum atomic E-state index is -0.481. The third-order valence-corrected chi connectivity index (χ3v) is 4.20. The first-order chi connectivity index (χ1) is 13.5. The van der Waals surface area contributed by atoms with Gasteiger partial charge in [-0.05, 0) is 49.4 Å². The van der Waals surface area contributed by atoms with Crippen LogP contribution in [0.2, 0.25) is 0 Å². The van der Waals surface area contributed by atoms with Crippen LogP contribution in [0.5, 0.6) is 5.75 Å². The van der Waals surface area contributed by atoms with Crippen LogP contribution in [0.3, 0.4) is 0 Å². The molecule has 0 bridgehead atoms. The van der Waals surface area contributed by atoms with Crippen molar-refractivity contribution in [3.05, 3.63) is 81.7 Å². The van der Waals surface area contributed by atoms with Gasteiger partial charge in [-0.25, -0.2) is 0 Å². The summed E-state index contributed by atoms with van der Waals surface area (Å²) in [6.07, 6.45) is 3.89. The van der Waals surface area contributed by atoms with Crippen LogP contribution >= 0.6 is 0 Å². The van der Waals surface area contributed by atoms with E-state index in [0.29, 0.717) is 22.3 Å². The lowest BCUT2D eigenvalue weighted by Crippen LogP contribution is -2.28. The molecule has 28 heavy (non-hydrogen) atoms. The zero-order valence-corrected chi connectivity index (χ0v) is 15.5. The first-order valence-electron chi connectivity index (χ1n) is 8.63. The monoisotopic (exact) mass is 377 g/mol. The average Bonchev–Trinajstić information content (AvgIpc) is 2.72. The third kappa shape index (κ3) is 4.35.